The van der Waals surface area contributed by atoms with Crippen LogP contribution in [0.3, 0.4) is 0 Å². The minimum absolute atomic E-state index is 0.132. The van der Waals surface area contributed by atoms with Gasteiger partial charge in [-0.2, -0.15) is 5.10 Å². The summed E-state index contributed by atoms with van der Waals surface area (Å²) >= 11 is 0. The minimum Gasteiger partial charge on any atom is -0.497 e. The molecule has 4 amide bonds. The molecule has 0 unspecified atom stereocenters. The molecule has 0 saturated carbocycles. The van der Waals surface area contributed by atoms with E-state index in [0.717, 1.165) is 33.2 Å². The molecule has 5 rings (SSSR count). The fraction of sp³-hybridized carbons (Fsp3) is 0.185. The summed E-state index contributed by atoms with van der Waals surface area (Å²) in [5.41, 5.74) is 5.28. The van der Waals surface area contributed by atoms with Gasteiger partial charge in [-0.05, 0) is 46.5 Å². The molecule has 3 aromatic carbocycles. The molecule has 9 heteroatoms. The summed E-state index contributed by atoms with van der Waals surface area (Å²) in [6.07, 6.45) is 2.30. The molecule has 1 aliphatic heterocycles. The van der Waals surface area contributed by atoms with E-state index in [1.54, 1.807) is 22.8 Å². The first-order chi connectivity index (χ1) is 17.4. The fourth-order valence-electron chi connectivity index (χ4n) is 4.56. The van der Waals surface area contributed by atoms with E-state index < -0.39 is 12.1 Å². The Morgan fingerprint density at radius 2 is 1.89 bits per heavy atom. The average molecular weight is 484 g/mol. The SMILES string of the molecule is COc1ccc2c(c1)C(=O)N(C[C@H](NC(=O)NC=O)c1ccc(-c3ccc4nn(C)cc4c3)cc1)C2. The monoisotopic (exact) mass is 483 g/mol. The Morgan fingerprint density at radius 1 is 1.11 bits per heavy atom. The molecule has 1 aliphatic rings. The van der Waals surface area contributed by atoms with Gasteiger partial charge in [-0.3, -0.25) is 19.6 Å². The first-order valence-corrected chi connectivity index (χ1v) is 11.5. The first kappa shape index (κ1) is 23.1. The second kappa shape index (κ2) is 9.53. The Hall–Kier alpha value is -4.66. The Balaban J connectivity index is 1.39. The van der Waals surface area contributed by atoms with E-state index in [9.17, 15) is 14.4 Å². The highest BCUT2D eigenvalue weighted by Gasteiger charge is 2.30. The third-order valence-corrected chi connectivity index (χ3v) is 6.36. The summed E-state index contributed by atoms with van der Waals surface area (Å²) in [6.45, 7) is 0.665. The zero-order chi connectivity index (χ0) is 25.2. The van der Waals surface area contributed by atoms with Crippen LogP contribution in [0.25, 0.3) is 22.0 Å². The second-order valence-electron chi connectivity index (χ2n) is 8.70. The van der Waals surface area contributed by atoms with Crippen molar-refractivity contribution in [1.29, 1.82) is 0 Å². The van der Waals surface area contributed by atoms with Gasteiger partial charge in [0.05, 0.1) is 18.7 Å². The Morgan fingerprint density at radius 3 is 2.64 bits per heavy atom. The van der Waals surface area contributed by atoms with Crippen molar-refractivity contribution in [2.24, 2.45) is 7.05 Å². The standard InChI is InChI=1S/C27H25N5O4/c1-31-13-21-11-19(8-10-24(21)30-31)17-3-5-18(6-4-17)25(29-27(35)28-16-33)15-32-14-20-7-9-22(36-2)12-23(20)26(32)34/h3-13,16,25H,14-15H2,1-2H3,(H2,28,29,33,35)/t25-/m0/s1. The molecule has 0 spiro atoms. The van der Waals surface area contributed by atoms with Crippen LogP contribution in [0, 0.1) is 0 Å². The minimum atomic E-state index is -0.632. The van der Waals surface area contributed by atoms with Gasteiger partial charge in [0.25, 0.3) is 5.91 Å². The van der Waals surface area contributed by atoms with Crippen LogP contribution in [-0.4, -0.2) is 46.7 Å². The number of ether oxygens (including phenoxy) is 1. The first-order valence-electron chi connectivity index (χ1n) is 11.5. The Bertz CT molecular complexity index is 1460. The molecule has 2 heterocycles. The van der Waals surface area contributed by atoms with Crippen molar-refractivity contribution < 1.29 is 19.1 Å². The summed E-state index contributed by atoms with van der Waals surface area (Å²) < 4.78 is 7.04. The lowest BCUT2D eigenvalue weighted by molar-refractivity contribution is -0.108. The number of imide groups is 1. The van der Waals surface area contributed by atoms with Gasteiger partial charge in [-0.25, -0.2) is 4.79 Å². The zero-order valence-corrected chi connectivity index (χ0v) is 19.9. The number of urea groups is 1. The number of benzene rings is 3. The van der Waals surface area contributed by atoms with E-state index in [1.807, 2.05) is 61.8 Å². The lowest BCUT2D eigenvalue weighted by atomic mass is 9.99. The summed E-state index contributed by atoms with van der Waals surface area (Å²) in [4.78, 5) is 37.7. The Labute approximate surface area is 207 Å². The van der Waals surface area contributed by atoms with Gasteiger partial charge >= 0.3 is 6.03 Å². The molecule has 182 valence electrons. The number of aromatic nitrogens is 2. The van der Waals surface area contributed by atoms with Crippen molar-refractivity contribution >= 4 is 29.3 Å². The molecule has 0 saturated heterocycles. The van der Waals surface area contributed by atoms with Crippen molar-refractivity contribution in [1.82, 2.24) is 25.3 Å². The molecule has 0 radical (unpaired) electrons. The predicted octanol–water partition coefficient (Wildman–Crippen LogP) is 3.40. The van der Waals surface area contributed by atoms with E-state index in [1.165, 1.54) is 0 Å². The molecule has 0 aliphatic carbocycles. The van der Waals surface area contributed by atoms with Crippen molar-refractivity contribution in [2.75, 3.05) is 13.7 Å². The van der Waals surface area contributed by atoms with Gasteiger partial charge in [0.1, 0.15) is 5.75 Å². The smallest absolute Gasteiger partial charge is 0.321 e. The summed E-state index contributed by atoms with van der Waals surface area (Å²) in [6, 6.07) is 18.2. The lowest BCUT2D eigenvalue weighted by Crippen LogP contribution is -2.42. The number of methoxy groups -OCH3 is 1. The molecule has 0 fully saturated rings. The van der Waals surface area contributed by atoms with Crippen LogP contribution in [0.5, 0.6) is 5.75 Å². The fourth-order valence-corrected chi connectivity index (χ4v) is 4.56. The van der Waals surface area contributed by atoms with Crippen molar-refractivity contribution in [3.63, 3.8) is 0 Å². The van der Waals surface area contributed by atoms with Crippen LogP contribution in [0.2, 0.25) is 0 Å². The molecule has 9 nitrogen and oxygen atoms in total. The summed E-state index contributed by atoms with van der Waals surface area (Å²) in [7, 11) is 3.45. The van der Waals surface area contributed by atoms with E-state index in [4.69, 9.17) is 4.74 Å². The van der Waals surface area contributed by atoms with Crippen molar-refractivity contribution in [2.45, 2.75) is 12.6 Å². The molecule has 1 aromatic heterocycles. The Kier molecular flexibility index (Phi) is 6.12. The van der Waals surface area contributed by atoms with Crippen LogP contribution in [0.1, 0.15) is 27.5 Å². The number of amides is 4. The number of nitrogens with one attached hydrogen (secondary N) is 2. The number of fused-ring (bicyclic) bond motifs is 2. The van der Waals surface area contributed by atoms with Gasteiger partial charge in [0.15, 0.2) is 0 Å². The maximum atomic E-state index is 13.1. The average Bonchev–Trinajstić information content (AvgIpc) is 3.41. The van der Waals surface area contributed by atoms with Crippen LogP contribution < -0.4 is 15.4 Å². The van der Waals surface area contributed by atoms with E-state index in [2.05, 4.69) is 21.8 Å². The molecule has 2 N–H and O–H groups in total. The van der Waals surface area contributed by atoms with E-state index >= 15 is 0 Å². The number of hydrogen-bond acceptors (Lipinski definition) is 5. The molecule has 1 atom stereocenters. The number of aryl methyl sites for hydroxylation is 1. The van der Waals surface area contributed by atoms with Gasteiger partial charge in [0.2, 0.25) is 6.41 Å². The van der Waals surface area contributed by atoms with Crippen LogP contribution in [0.15, 0.2) is 66.9 Å². The highest BCUT2D eigenvalue weighted by molar-refractivity contribution is 5.98. The second-order valence-corrected chi connectivity index (χ2v) is 8.70. The van der Waals surface area contributed by atoms with Crippen LogP contribution in [-0.2, 0) is 18.4 Å². The van der Waals surface area contributed by atoms with Gasteiger partial charge in [0, 0.05) is 37.3 Å². The maximum absolute atomic E-state index is 13.1. The summed E-state index contributed by atoms with van der Waals surface area (Å²) in [5.74, 6) is 0.483. The number of rotatable bonds is 7. The number of nitrogens with zero attached hydrogens (tertiary/aromatic N) is 3. The van der Waals surface area contributed by atoms with E-state index in [0.29, 0.717) is 24.3 Å². The van der Waals surface area contributed by atoms with Crippen LogP contribution >= 0.6 is 0 Å². The molecular formula is C27H25N5O4. The molecule has 0 bridgehead atoms. The number of hydrogen-bond donors (Lipinski definition) is 2. The molecule has 36 heavy (non-hydrogen) atoms. The van der Waals surface area contributed by atoms with E-state index in [-0.39, 0.29) is 12.5 Å². The maximum Gasteiger partial charge on any atom is 0.321 e. The predicted molar refractivity (Wildman–Crippen MR) is 134 cm³/mol. The normalized spacial score (nSPS) is 13.4. The number of carbonyl (C=O) groups is 3. The highest BCUT2D eigenvalue weighted by Crippen LogP contribution is 2.30. The molecule has 4 aromatic rings. The number of carbonyl (C=O) groups excluding carboxylic acids is 3. The third kappa shape index (κ3) is 4.50. The quantitative estimate of drug-likeness (QED) is 0.392. The van der Waals surface area contributed by atoms with Gasteiger partial charge < -0.3 is 15.0 Å². The third-order valence-electron chi connectivity index (χ3n) is 6.36. The van der Waals surface area contributed by atoms with Crippen LogP contribution in [0.4, 0.5) is 4.79 Å². The topological polar surface area (TPSA) is 106 Å². The molecular weight excluding hydrogens is 458 g/mol. The highest BCUT2D eigenvalue weighted by atomic mass is 16.5. The lowest BCUT2D eigenvalue weighted by Gasteiger charge is -2.25. The van der Waals surface area contributed by atoms with Gasteiger partial charge in [-0.1, -0.05) is 36.4 Å². The van der Waals surface area contributed by atoms with Gasteiger partial charge in [-0.15, -0.1) is 0 Å². The zero-order valence-electron chi connectivity index (χ0n) is 19.9. The van der Waals surface area contributed by atoms with Crippen molar-refractivity contribution in [3.8, 4) is 16.9 Å². The van der Waals surface area contributed by atoms with Crippen molar-refractivity contribution in [3.05, 3.63) is 83.6 Å². The largest absolute Gasteiger partial charge is 0.497 e. The summed E-state index contributed by atoms with van der Waals surface area (Å²) in [5, 5.41) is 10.4.